The van der Waals surface area contributed by atoms with Gasteiger partial charge in [0, 0.05) is 6.42 Å². The predicted octanol–water partition coefficient (Wildman–Crippen LogP) is 3.21. The van der Waals surface area contributed by atoms with Crippen LogP contribution in [0.4, 0.5) is 0 Å². The topological polar surface area (TPSA) is 41.1 Å². The van der Waals surface area contributed by atoms with Gasteiger partial charge >= 0.3 is 0 Å². The molecule has 0 saturated heterocycles. The number of amides is 1. The molecule has 0 aliphatic carbocycles. The highest BCUT2D eigenvalue weighted by Gasteiger charge is 2.26. The van der Waals surface area contributed by atoms with Crippen molar-refractivity contribution < 1.29 is 4.79 Å². The average molecular weight is 277 g/mol. The highest BCUT2D eigenvalue weighted by Crippen LogP contribution is 2.27. The smallest absolute Gasteiger partial charge is 0.224 e. The largest absolute Gasteiger partial charge is 0.353 e. The summed E-state index contributed by atoms with van der Waals surface area (Å²) < 4.78 is 0. The molecule has 0 radical (unpaired) electrons. The van der Waals surface area contributed by atoms with Crippen molar-refractivity contribution >= 4 is 29.1 Å². The summed E-state index contributed by atoms with van der Waals surface area (Å²) in [5.41, 5.74) is 1.49. The first-order valence-corrected chi connectivity index (χ1v) is 6.48. The Hall–Kier alpha value is -0.670. The molecule has 0 aromatic heterocycles. The lowest BCUT2D eigenvalue weighted by molar-refractivity contribution is -0.120. The third-order valence-corrected chi connectivity index (χ3v) is 2.96. The molecule has 2 N–H and O–H groups in total. The number of halogens is 2. The molecule has 1 aliphatic rings. The fourth-order valence-electron chi connectivity index (χ4n) is 1.66. The molecule has 1 amide bonds. The molecular formula is C12H18Cl2N2O. The van der Waals surface area contributed by atoms with Gasteiger partial charge in [-0.25, -0.2) is 0 Å². The number of hydrogen-bond donors (Lipinski definition) is 2. The first kappa shape index (κ1) is 14.4. The molecule has 0 aromatic rings. The number of allylic oxidation sites excluding steroid dienone is 1. The van der Waals surface area contributed by atoms with Crippen LogP contribution in [0, 0.1) is 0 Å². The van der Waals surface area contributed by atoms with Gasteiger partial charge in [-0.05, 0) is 31.9 Å². The minimum absolute atomic E-state index is 0.0206. The van der Waals surface area contributed by atoms with E-state index in [4.69, 9.17) is 23.2 Å². The van der Waals surface area contributed by atoms with Crippen LogP contribution in [-0.4, -0.2) is 10.9 Å². The third kappa shape index (κ3) is 4.25. The summed E-state index contributed by atoms with van der Waals surface area (Å²) in [7, 11) is 0. The Morgan fingerprint density at radius 3 is 2.76 bits per heavy atom. The number of carbonyl (C=O) groups excluding carboxylic acids is 1. The Kier molecular flexibility index (Phi) is 4.90. The van der Waals surface area contributed by atoms with E-state index in [1.807, 2.05) is 19.9 Å². The first-order chi connectivity index (χ1) is 7.85. The third-order valence-electron chi connectivity index (χ3n) is 2.48. The molecule has 0 spiro atoms. The zero-order valence-corrected chi connectivity index (χ0v) is 11.9. The van der Waals surface area contributed by atoms with E-state index in [0.717, 1.165) is 18.4 Å². The Labute approximate surface area is 112 Å². The van der Waals surface area contributed by atoms with Gasteiger partial charge in [0.2, 0.25) is 5.91 Å². The maximum Gasteiger partial charge on any atom is 0.224 e. The lowest BCUT2D eigenvalue weighted by Crippen LogP contribution is -2.39. The Morgan fingerprint density at radius 2 is 2.24 bits per heavy atom. The summed E-state index contributed by atoms with van der Waals surface area (Å²) >= 11 is 12.2. The normalized spacial score (nSPS) is 24.2. The summed E-state index contributed by atoms with van der Waals surface area (Å²) in [6, 6.07) is 0. The molecule has 1 aliphatic heterocycles. The maximum atomic E-state index is 11.6. The van der Waals surface area contributed by atoms with Crippen LogP contribution in [0.1, 0.15) is 40.0 Å². The number of dihydropyridines is 1. The molecule has 0 aromatic carbocycles. The van der Waals surface area contributed by atoms with E-state index in [2.05, 4.69) is 10.6 Å². The molecule has 0 saturated carbocycles. The molecule has 0 fully saturated rings. The van der Waals surface area contributed by atoms with Crippen molar-refractivity contribution in [1.82, 2.24) is 10.6 Å². The Morgan fingerprint density at radius 1 is 1.59 bits per heavy atom. The van der Waals surface area contributed by atoms with Crippen LogP contribution in [0.5, 0.6) is 0 Å². The summed E-state index contributed by atoms with van der Waals surface area (Å²) in [4.78, 5) is 10.9. The fraction of sp³-hybridized carbons (Fsp3) is 0.583. The molecule has 1 unspecified atom stereocenters. The van der Waals surface area contributed by atoms with Crippen molar-refractivity contribution in [3.63, 3.8) is 0 Å². The summed E-state index contributed by atoms with van der Waals surface area (Å²) in [5, 5.41) is 6.11. The number of carbonyl (C=O) groups is 1. The minimum atomic E-state index is -0.696. The molecule has 1 rings (SSSR count). The zero-order valence-electron chi connectivity index (χ0n) is 10.4. The van der Waals surface area contributed by atoms with Gasteiger partial charge in [-0.15, -0.1) is 0 Å². The molecule has 0 bridgehead atoms. The second-order valence-corrected chi connectivity index (χ2v) is 5.53. The van der Waals surface area contributed by atoms with Crippen LogP contribution in [0.25, 0.3) is 0 Å². The number of hydrogen-bond acceptors (Lipinski definition) is 2. The highest BCUT2D eigenvalue weighted by molar-refractivity contribution is 6.32. The zero-order chi connectivity index (χ0) is 13.1. The second kappa shape index (κ2) is 5.78. The van der Waals surface area contributed by atoms with Crippen LogP contribution < -0.4 is 10.6 Å². The molecule has 17 heavy (non-hydrogen) atoms. The van der Waals surface area contributed by atoms with Crippen molar-refractivity contribution in [2.45, 2.75) is 45.0 Å². The highest BCUT2D eigenvalue weighted by atomic mass is 35.5. The SMILES string of the molecule is CCCCC(=O)NC1=C(Cl)NC(C)(Cl)C=C1C. The van der Waals surface area contributed by atoms with E-state index < -0.39 is 5.00 Å². The minimum Gasteiger partial charge on any atom is -0.353 e. The van der Waals surface area contributed by atoms with Crippen molar-refractivity contribution in [2.24, 2.45) is 0 Å². The number of rotatable bonds is 4. The van der Waals surface area contributed by atoms with E-state index in [1.165, 1.54) is 0 Å². The average Bonchev–Trinajstić information content (AvgIpc) is 2.19. The molecule has 96 valence electrons. The van der Waals surface area contributed by atoms with E-state index in [9.17, 15) is 4.79 Å². The van der Waals surface area contributed by atoms with Gasteiger partial charge in [0.15, 0.2) is 0 Å². The van der Waals surface area contributed by atoms with E-state index in [1.54, 1.807) is 6.92 Å². The summed E-state index contributed by atoms with van der Waals surface area (Å²) in [6.07, 6.45) is 4.21. The van der Waals surface area contributed by atoms with E-state index in [-0.39, 0.29) is 5.91 Å². The van der Waals surface area contributed by atoms with Gasteiger partial charge < -0.3 is 10.6 Å². The van der Waals surface area contributed by atoms with Gasteiger partial charge in [-0.3, -0.25) is 4.79 Å². The second-order valence-electron chi connectivity index (χ2n) is 4.37. The Balaban J connectivity index is 2.72. The Bertz CT molecular complexity index is 373. The molecular weight excluding hydrogens is 259 g/mol. The van der Waals surface area contributed by atoms with Gasteiger partial charge in [0.05, 0.1) is 5.70 Å². The number of nitrogens with one attached hydrogen (secondary N) is 2. The maximum absolute atomic E-state index is 11.6. The summed E-state index contributed by atoms with van der Waals surface area (Å²) in [5.74, 6) is -0.0206. The standard InChI is InChI=1S/C12H18Cl2N2O/c1-4-5-6-9(17)15-10-8(2)7-12(3,14)16-11(10)13/h7,16H,4-6H2,1-3H3,(H,15,17). The van der Waals surface area contributed by atoms with Gasteiger partial charge in [0.1, 0.15) is 10.2 Å². The van der Waals surface area contributed by atoms with Crippen LogP contribution in [0.3, 0.4) is 0 Å². The van der Waals surface area contributed by atoms with Crippen LogP contribution in [0.2, 0.25) is 0 Å². The lowest BCUT2D eigenvalue weighted by Gasteiger charge is -2.28. The van der Waals surface area contributed by atoms with Crippen LogP contribution in [0.15, 0.2) is 22.5 Å². The summed E-state index contributed by atoms with van der Waals surface area (Å²) in [6.45, 7) is 5.72. The number of alkyl halides is 1. The van der Waals surface area contributed by atoms with Crippen LogP contribution in [-0.2, 0) is 4.79 Å². The van der Waals surface area contributed by atoms with Crippen molar-refractivity contribution in [3.8, 4) is 0 Å². The lowest BCUT2D eigenvalue weighted by atomic mass is 10.1. The van der Waals surface area contributed by atoms with E-state index >= 15 is 0 Å². The quantitative estimate of drug-likeness (QED) is 0.612. The van der Waals surface area contributed by atoms with Gasteiger partial charge in [-0.1, -0.05) is 36.5 Å². The molecule has 1 heterocycles. The van der Waals surface area contributed by atoms with Gasteiger partial charge in [0.25, 0.3) is 0 Å². The van der Waals surface area contributed by atoms with Crippen LogP contribution >= 0.6 is 23.2 Å². The molecule has 3 nitrogen and oxygen atoms in total. The van der Waals surface area contributed by atoms with Crippen molar-refractivity contribution in [2.75, 3.05) is 0 Å². The van der Waals surface area contributed by atoms with Crippen molar-refractivity contribution in [3.05, 3.63) is 22.5 Å². The number of unbranched alkanes of at least 4 members (excludes halogenated alkanes) is 1. The predicted molar refractivity (Wildman–Crippen MR) is 71.7 cm³/mol. The first-order valence-electron chi connectivity index (χ1n) is 5.72. The van der Waals surface area contributed by atoms with E-state index in [0.29, 0.717) is 17.3 Å². The fourth-order valence-corrected chi connectivity index (χ4v) is 2.36. The van der Waals surface area contributed by atoms with Gasteiger partial charge in [-0.2, -0.15) is 0 Å². The monoisotopic (exact) mass is 276 g/mol. The molecule has 5 heteroatoms. The molecule has 1 atom stereocenters. The van der Waals surface area contributed by atoms with Crippen molar-refractivity contribution in [1.29, 1.82) is 0 Å².